The van der Waals surface area contributed by atoms with E-state index in [-0.39, 0.29) is 5.24 Å². The zero-order valence-electron chi connectivity index (χ0n) is 9.10. The normalized spacial score (nSPS) is 9.88. The SMILES string of the molecule is COCCOc1cccc(CNC(=O)S)c1. The average molecular weight is 241 g/mol. The van der Waals surface area contributed by atoms with Crippen molar-refractivity contribution in [3.8, 4) is 5.75 Å². The van der Waals surface area contributed by atoms with Crippen LogP contribution in [0.2, 0.25) is 0 Å². The van der Waals surface area contributed by atoms with Crippen LogP contribution in [0.5, 0.6) is 5.75 Å². The van der Waals surface area contributed by atoms with Crippen molar-refractivity contribution in [2.24, 2.45) is 0 Å². The van der Waals surface area contributed by atoms with Crippen LogP contribution in [0.15, 0.2) is 24.3 Å². The molecule has 0 aliphatic rings. The number of thiol groups is 1. The minimum Gasteiger partial charge on any atom is -0.491 e. The van der Waals surface area contributed by atoms with Crippen molar-refractivity contribution in [3.05, 3.63) is 29.8 Å². The summed E-state index contributed by atoms with van der Waals surface area (Å²) in [5.41, 5.74) is 0.970. The highest BCUT2D eigenvalue weighted by Gasteiger charge is 1.98. The van der Waals surface area contributed by atoms with E-state index in [9.17, 15) is 4.79 Å². The molecule has 1 rings (SSSR count). The molecule has 0 heterocycles. The van der Waals surface area contributed by atoms with Gasteiger partial charge < -0.3 is 14.8 Å². The predicted molar refractivity (Wildman–Crippen MR) is 65.0 cm³/mol. The first kappa shape index (κ1) is 12.9. The van der Waals surface area contributed by atoms with Crippen molar-refractivity contribution in [1.29, 1.82) is 0 Å². The smallest absolute Gasteiger partial charge is 0.276 e. The third kappa shape index (κ3) is 5.04. The maximum Gasteiger partial charge on any atom is 0.276 e. The van der Waals surface area contributed by atoms with Crippen molar-refractivity contribution in [3.63, 3.8) is 0 Å². The van der Waals surface area contributed by atoms with Gasteiger partial charge in [0.2, 0.25) is 0 Å². The molecule has 0 aromatic heterocycles. The lowest BCUT2D eigenvalue weighted by atomic mass is 10.2. The lowest BCUT2D eigenvalue weighted by Crippen LogP contribution is -2.15. The molecule has 16 heavy (non-hydrogen) atoms. The molecule has 0 saturated heterocycles. The summed E-state index contributed by atoms with van der Waals surface area (Å²) in [5.74, 6) is 0.767. The number of amides is 1. The van der Waals surface area contributed by atoms with Crippen molar-refractivity contribution in [2.45, 2.75) is 6.54 Å². The number of carbonyl (C=O) groups is 1. The Hall–Kier alpha value is -1.20. The van der Waals surface area contributed by atoms with E-state index in [1.807, 2.05) is 24.3 Å². The molecule has 1 amide bonds. The van der Waals surface area contributed by atoms with E-state index in [1.54, 1.807) is 7.11 Å². The Labute approximate surface area is 100 Å². The Bertz CT molecular complexity index is 344. The summed E-state index contributed by atoms with van der Waals surface area (Å²) in [6, 6.07) is 7.52. The Balaban J connectivity index is 2.46. The highest BCUT2D eigenvalue weighted by Crippen LogP contribution is 2.13. The number of carbonyl (C=O) groups excluding carboxylic acids is 1. The Kier molecular flexibility index (Phi) is 5.74. The summed E-state index contributed by atoms with van der Waals surface area (Å²) < 4.78 is 10.3. The number of hydrogen-bond donors (Lipinski definition) is 2. The van der Waals surface area contributed by atoms with Gasteiger partial charge in [0.15, 0.2) is 0 Å². The quantitative estimate of drug-likeness (QED) is 0.590. The van der Waals surface area contributed by atoms with Gasteiger partial charge in [0.25, 0.3) is 5.24 Å². The van der Waals surface area contributed by atoms with Crippen molar-refractivity contribution >= 4 is 17.9 Å². The third-order valence-corrected chi connectivity index (χ3v) is 2.06. The zero-order valence-corrected chi connectivity index (χ0v) is 10.00. The fourth-order valence-electron chi connectivity index (χ4n) is 1.17. The second-order valence-electron chi connectivity index (χ2n) is 3.15. The maximum atomic E-state index is 10.6. The minimum absolute atomic E-state index is 0.342. The number of hydrogen-bond acceptors (Lipinski definition) is 3. The number of rotatable bonds is 6. The molecule has 1 N–H and O–H groups in total. The van der Waals surface area contributed by atoms with Gasteiger partial charge in [0.1, 0.15) is 12.4 Å². The van der Waals surface area contributed by atoms with Crippen LogP contribution >= 0.6 is 12.6 Å². The third-order valence-electron chi connectivity index (χ3n) is 1.90. The summed E-state index contributed by atoms with van der Waals surface area (Å²) in [4.78, 5) is 10.6. The fourth-order valence-corrected chi connectivity index (χ4v) is 1.24. The van der Waals surface area contributed by atoms with Crippen LogP contribution in [0.3, 0.4) is 0 Å². The zero-order chi connectivity index (χ0) is 11.8. The Morgan fingerprint density at radius 2 is 2.25 bits per heavy atom. The fraction of sp³-hybridized carbons (Fsp3) is 0.364. The van der Waals surface area contributed by atoms with Crippen molar-refractivity contribution < 1.29 is 14.3 Å². The summed E-state index contributed by atoms with van der Waals surface area (Å²) in [5, 5.41) is 2.26. The highest BCUT2D eigenvalue weighted by atomic mass is 32.1. The van der Waals surface area contributed by atoms with Crippen LogP contribution in [0.1, 0.15) is 5.56 Å². The van der Waals surface area contributed by atoms with E-state index in [0.29, 0.717) is 19.8 Å². The standard InChI is InChI=1S/C11H15NO3S/c1-14-5-6-15-10-4-2-3-9(7-10)8-12-11(13)16/h2-4,7H,5-6,8H2,1H3,(H2,12,13,16). The van der Waals surface area contributed by atoms with Gasteiger partial charge in [-0.3, -0.25) is 4.79 Å². The largest absolute Gasteiger partial charge is 0.491 e. The van der Waals surface area contributed by atoms with Gasteiger partial charge in [-0.2, -0.15) is 0 Å². The van der Waals surface area contributed by atoms with Crippen LogP contribution in [0.4, 0.5) is 4.79 Å². The molecule has 1 aromatic rings. The molecule has 0 spiro atoms. The Morgan fingerprint density at radius 1 is 1.44 bits per heavy atom. The molecule has 0 fully saturated rings. The first-order valence-corrected chi connectivity index (χ1v) is 5.34. The lowest BCUT2D eigenvalue weighted by Gasteiger charge is -2.07. The molecule has 0 aliphatic carbocycles. The molecule has 0 bridgehead atoms. The van der Waals surface area contributed by atoms with E-state index in [0.717, 1.165) is 11.3 Å². The topological polar surface area (TPSA) is 47.6 Å². The van der Waals surface area contributed by atoms with Crippen LogP contribution in [0, 0.1) is 0 Å². The summed E-state index contributed by atoms with van der Waals surface area (Å²) in [6.45, 7) is 1.51. The molecule has 0 radical (unpaired) electrons. The highest BCUT2D eigenvalue weighted by molar-refractivity contribution is 7.96. The maximum absolute atomic E-state index is 10.6. The van der Waals surface area contributed by atoms with E-state index in [1.165, 1.54) is 0 Å². The van der Waals surface area contributed by atoms with Gasteiger partial charge in [-0.15, -0.1) is 0 Å². The van der Waals surface area contributed by atoms with E-state index in [2.05, 4.69) is 17.9 Å². The van der Waals surface area contributed by atoms with Crippen molar-refractivity contribution in [2.75, 3.05) is 20.3 Å². The Morgan fingerprint density at radius 3 is 2.94 bits per heavy atom. The molecule has 0 atom stereocenters. The molecular formula is C11H15NO3S. The summed E-state index contributed by atoms with van der Waals surface area (Å²) in [6.07, 6.45) is 0. The first-order chi connectivity index (χ1) is 7.72. The number of ether oxygens (including phenoxy) is 2. The molecule has 4 nitrogen and oxygen atoms in total. The molecular weight excluding hydrogens is 226 g/mol. The summed E-state index contributed by atoms with van der Waals surface area (Å²) in [7, 11) is 1.63. The first-order valence-electron chi connectivity index (χ1n) is 4.90. The number of methoxy groups -OCH3 is 1. The molecule has 0 saturated carbocycles. The lowest BCUT2D eigenvalue weighted by molar-refractivity contribution is 0.146. The average Bonchev–Trinajstić information content (AvgIpc) is 2.27. The van der Waals surface area contributed by atoms with E-state index >= 15 is 0 Å². The van der Waals surface area contributed by atoms with Crippen LogP contribution < -0.4 is 10.1 Å². The number of benzene rings is 1. The van der Waals surface area contributed by atoms with Gasteiger partial charge in [0.05, 0.1) is 6.61 Å². The van der Waals surface area contributed by atoms with Crippen LogP contribution in [-0.2, 0) is 11.3 Å². The van der Waals surface area contributed by atoms with Gasteiger partial charge in [-0.25, -0.2) is 0 Å². The van der Waals surface area contributed by atoms with Gasteiger partial charge in [-0.1, -0.05) is 24.8 Å². The van der Waals surface area contributed by atoms with E-state index in [4.69, 9.17) is 9.47 Å². The second kappa shape index (κ2) is 7.14. The molecule has 0 unspecified atom stereocenters. The van der Waals surface area contributed by atoms with Crippen LogP contribution in [-0.4, -0.2) is 25.6 Å². The second-order valence-corrected chi connectivity index (χ2v) is 3.55. The number of nitrogens with one attached hydrogen (secondary N) is 1. The molecule has 88 valence electrons. The van der Waals surface area contributed by atoms with Crippen LogP contribution in [0.25, 0.3) is 0 Å². The van der Waals surface area contributed by atoms with Crippen molar-refractivity contribution in [1.82, 2.24) is 5.32 Å². The predicted octanol–water partition coefficient (Wildman–Crippen LogP) is 1.85. The molecule has 0 aliphatic heterocycles. The monoisotopic (exact) mass is 241 g/mol. The van der Waals surface area contributed by atoms with Gasteiger partial charge >= 0.3 is 0 Å². The molecule has 1 aromatic carbocycles. The van der Waals surface area contributed by atoms with Gasteiger partial charge in [-0.05, 0) is 17.7 Å². The molecule has 5 heteroatoms. The summed E-state index contributed by atoms with van der Waals surface area (Å²) >= 11 is 3.63. The minimum atomic E-state index is -0.342. The van der Waals surface area contributed by atoms with Gasteiger partial charge in [0, 0.05) is 13.7 Å². The van der Waals surface area contributed by atoms with E-state index < -0.39 is 0 Å².